The summed E-state index contributed by atoms with van der Waals surface area (Å²) in [5.74, 6) is -0.596. The van der Waals surface area contributed by atoms with Crippen LogP contribution in [0.25, 0.3) is 0 Å². The first-order valence-electron chi connectivity index (χ1n) is 33.1. The molecule has 78 heavy (non-hydrogen) atoms. The normalized spacial score (nSPS) is 14.0. The molecule has 1 amide bonds. The number of nitrogens with zero attached hydrogens (tertiary/aromatic N) is 1. The zero-order valence-electron chi connectivity index (χ0n) is 52.1. The number of phosphoric ester groups is 1. The third kappa shape index (κ3) is 58.4. The van der Waals surface area contributed by atoms with Crippen LogP contribution in [0, 0.1) is 0 Å². The summed E-state index contributed by atoms with van der Waals surface area (Å²) in [6.07, 6.45) is 73.5. The van der Waals surface area contributed by atoms with Crippen LogP contribution in [-0.4, -0.2) is 69.4 Å². The number of hydrogen-bond acceptors (Lipinski definition) is 7. The van der Waals surface area contributed by atoms with Crippen LogP contribution in [0.4, 0.5) is 0 Å². The minimum absolute atomic E-state index is 0.0303. The Labute approximate surface area is 483 Å². The van der Waals surface area contributed by atoms with Crippen LogP contribution in [0.1, 0.15) is 310 Å². The van der Waals surface area contributed by atoms with E-state index in [0.717, 1.165) is 64.2 Å². The minimum Gasteiger partial charge on any atom is -0.756 e. The summed E-state index contributed by atoms with van der Waals surface area (Å²) >= 11 is 0. The maximum absolute atomic E-state index is 13.6. The third-order valence-electron chi connectivity index (χ3n) is 14.7. The van der Waals surface area contributed by atoms with Gasteiger partial charge in [0.05, 0.1) is 33.8 Å². The van der Waals surface area contributed by atoms with Gasteiger partial charge in [0.1, 0.15) is 19.3 Å². The first-order chi connectivity index (χ1) is 37.9. The van der Waals surface area contributed by atoms with E-state index in [1.165, 1.54) is 205 Å². The summed E-state index contributed by atoms with van der Waals surface area (Å²) in [5.41, 5.74) is 0. The highest BCUT2D eigenvalue weighted by atomic mass is 31.2. The van der Waals surface area contributed by atoms with Gasteiger partial charge in [-0.15, -0.1) is 0 Å². The third-order valence-corrected chi connectivity index (χ3v) is 15.7. The molecule has 0 bridgehead atoms. The van der Waals surface area contributed by atoms with Gasteiger partial charge in [-0.3, -0.25) is 14.2 Å². The van der Waals surface area contributed by atoms with Crippen molar-refractivity contribution in [3.05, 3.63) is 60.8 Å². The van der Waals surface area contributed by atoms with Gasteiger partial charge in [0, 0.05) is 12.8 Å². The van der Waals surface area contributed by atoms with Crippen molar-refractivity contribution in [2.24, 2.45) is 0 Å². The largest absolute Gasteiger partial charge is 0.756 e. The summed E-state index contributed by atoms with van der Waals surface area (Å²) < 4.78 is 30.3. The van der Waals surface area contributed by atoms with E-state index >= 15 is 0 Å². The standard InChI is InChI=1S/C68H127N2O7P/c1-7-10-13-16-19-22-25-28-30-32-33-34-35-36-37-39-40-42-45-48-51-54-57-60-67(71)69-65(64-76-78(73,74)75-63-62-70(4,5)6)66(59-56-53-50-47-44-27-24-21-18-15-12-9-3)77-68(72)61-58-55-52-49-46-43-41-38-31-29-26-23-20-17-14-11-8-2/h20,23,29,31,41,43,49,52,56,59,65-66H,7-19,21-22,24-28,30,32-40,42,44-48,50-51,53-55,57-58,60-64H2,1-6H3,(H-,69,71,73,74)/b23-20-,31-29-,43-41-,52-49-,59-56+. The first-order valence-corrected chi connectivity index (χ1v) is 34.6. The number of likely N-dealkylation sites (N-methyl/N-ethyl adjacent to an activating group) is 1. The SMILES string of the molecule is CCCCC/C=C\C/C=C\C/C=C\C/C=C\CCCC(=O)OC(/C=C/CCCCCCCCCCCC)C(COP(=O)([O-])OCC[N+](C)(C)C)NC(=O)CCCCCCCCCCCCCCCCCCCCCCCCC. The monoisotopic (exact) mass is 1110 g/mol. The molecule has 0 aromatic rings. The predicted molar refractivity (Wildman–Crippen MR) is 335 cm³/mol. The van der Waals surface area contributed by atoms with Crippen molar-refractivity contribution < 1.29 is 37.3 Å². The van der Waals surface area contributed by atoms with Crippen LogP contribution in [0.3, 0.4) is 0 Å². The number of esters is 1. The molecule has 0 rings (SSSR count). The summed E-state index contributed by atoms with van der Waals surface area (Å²) in [4.78, 5) is 40.0. The molecule has 3 atom stereocenters. The number of unbranched alkanes of at least 4 members (excludes halogenated alkanes) is 36. The Balaban J connectivity index is 5.19. The van der Waals surface area contributed by atoms with Crippen LogP contribution >= 0.6 is 7.82 Å². The van der Waals surface area contributed by atoms with Gasteiger partial charge in [-0.2, -0.15) is 0 Å². The van der Waals surface area contributed by atoms with Gasteiger partial charge in [0.15, 0.2) is 0 Å². The molecule has 0 saturated heterocycles. The molecule has 0 aromatic carbocycles. The highest BCUT2D eigenvalue weighted by Gasteiger charge is 2.27. The van der Waals surface area contributed by atoms with E-state index in [1.807, 2.05) is 33.3 Å². The predicted octanol–water partition coefficient (Wildman–Crippen LogP) is 20.0. The lowest BCUT2D eigenvalue weighted by Crippen LogP contribution is -2.47. The highest BCUT2D eigenvalue weighted by Crippen LogP contribution is 2.38. The van der Waals surface area contributed by atoms with Crippen molar-refractivity contribution in [3.8, 4) is 0 Å². The molecule has 0 aliphatic carbocycles. The molecule has 9 nitrogen and oxygen atoms in total. The minimum atomic E-state index is -4.71. The summed E-state index contributed by atoms with van der Waals surface area (Å²) in [7, 11) is 1.16. The Bertz CT molecular complexity index is 1520. The summed E-state index contributed by atoms with van der Waals surface area (Å²) in [6, 6.07) is -0.909. The van der Waals surface area contributed by atoms with E-state index in [4.69, 9.17) is 13.8 Å². The van der Waals surface area contributed by atoms with E-state index in [-0.39, 0.29) is 18.9 Å². The van der Waals surface area contributed by atoms with E-state index in [0.29, 0.717) is 23.9 Å². The average Bonchev–Trinajstić information content (AvgIpc) is 3.40. The average molecular weight is 1120 g/mol. The van der Waals surface area contributed by atoms with Crippen LogP contribution < -0.4 is 10.2 Å². The van der Waals surface area contributed by atoms with Crippen LogP contribution in [0.15, 0.2) is 60.8 Å². The molecule has 0 radical (unpaired) electrons. The second-order valence-electron chi connectivity index (χ2n) is 23.6. The van der Waals surface area contributed by atoms with Crippen molar-refractivity contribution in [2.45, 2.75) is 322 Å². The molecule has 0 aromatic heterocycles. The number of ether oxygens (including phenoxy) is 1. The second kappa shape index (κ2) is 57.9. The number of amides is 1. The fraction of sp³-hybridized carbons (Fsp3) is 0.824. The van der Waals surface area contributed by atoms with Crippen molar-refractivity contribution in [1.29, 1.82) is 0 Å². The Hall–Kier alpha value is -2.29. The molecule has 0 aliphatic heterocycles. The number of hydrogen-bond donors (Lipinski definition) is 1. The second-order valence-corrected chi connectivity index (χ2v) is 25.0. The molecular formula is C68H127N2O7P. The zero-order valence-corrected chi connectivity index (χ0v) is 53.0. The molecule has 0 fully saturated rings. The molecule has 10 heteroatoms. The lowest BCUT2D eigenvalue weighted by atomic mass is 10.0. The number of quaternary nitrogens is 1. The van der Waals surface area contributed by atoms with Gasteiger partial charge >= 0.3 is 5.97 Å². The van der Waals surface area contributed by atoms with Crippen molar-refractivity contribution >= 4 is 19.7 Å². The Morgan fingerprint density at radius 2 is 0.795 bits per heavy atom. The molecule has 0 spiro atoms. The van der Waals surface area contributed by atoms with Crippen molar-refractivity contribution in [2.75, 3.05) is 40.9 Å². The van der Waals surface area contributed by atoms with Gasteiger partial charge in [-0.1, -0.05) is 287 Å². The highest BCUT2D eigenvalue weighted by molar-refractivity contribution is 7.45. The molecular weight excluding hydrogens is 988 g/mol. The number of carbonyl (C=O) groups excluding carboxylic acids is 2. The maximum Gasteiger partial charge on any atom is 0.306 e. The molecule has 0 aliphatic rings. The summed E-state index contributed by atoms with van der Waals surface area (Å²) in [6.45, 7) is 6.81. The van der Waals surface area contributed by atoms with Gasteiger partial charge in [-0.05, 0) is 70.3 Å². The fourth-order valence-electron chi connectivity index (χ4n) is 9.58. The Morgan fingerprint density at radius 1 is 0.449 bits per heavy atom. The Morgan fingerprint density at radius 3 is 1.22 bits per heavy atom. The van der Waals surface area contributed by atoms with Crippen LogP contribution in [-0.2, 0) is 27.9 Å². The number of rotatable bonds is 60. The fourth-order valence-corrected chi connectivity index (χ4v) is 10.3. The number of carbonyl (C=O) groups is 2. The van der Waals surface area contributed by atoms with Crippen molar-refractivity contribution in [3.63, 3.8) is 0 Å². The maximum atomic E-state index is 13.6. The number of phosphoric acid groups is 1. The van der Waals surface area contributed by atoms with E-state index in [9.17, 15) is 19.0 Å². The zero-order chi connectivity index (χ0) is 57.2. The van der Waals surface area contributed by atoms with Gasteiger partial charge in [0.25, 0.3) is 7.82 Å². The smallest absolute Gasteiger partial charge is 0.306 e. The molecule has 3 unspecified atom stereocenters. The molecule has 0 saturated carbocycles. The lowest BCUT2D eigenvalue weighted by molar-refractivity contribution is -0.870. The first kappa shape index (κ1) is 75.7. The number of allylic oxidation sites excluding steroid dienone is 9. The van der Waals surface area contributed by atoms with Gasteiger partial charge in [0.2, 0.25) is 5.91 Å². The molecule has 456 valence electrons. The number of nitrogens with one attached hydrogen (secondary N) is 1. The Kier molecular flexibility index (Phi) is 56.2. The molecule has 1 N–H and O–H groups in total. The topological polar surface area (TPSA) is 114 Å². The van der Waals surface area contributed by atoms with E-state index < -0.39 is 32.5 Å². The summed E-state index contributed by atoms with van der Waals surface area (Å²) in [5, 5.41) is 3.02. The van der Waals surface area contributed by atoms with E-state index in [1.54, 1.807) is 0 Å². The van der Waals surface area contributed by atoms with Crippen LogP contribution in [0.2, 0.25) is 0 Å². The van der Waals surface area contributed by atoms with E-state index in [2.05, 4.69) is 74.7 Å². The van der Waals surface area contributed by atoms with Gasteiger partial charge in [-0.25, -0.2) is 0 Å². The lowest BCUT2D eigenvalue weighted by Gasteiger charge is -2.30. The molecule has 0 heterocycles. The van der Waals surface area contributed by atoms with Crippen molar-refractivity contribution in [1.82, 2.24) is 5.32 Å². The van der Waals surface area contributed by atoms with Gasteiger partial charge < -0.3 is 28.5 Å². The van der Waals surface area contributed by atoms with Crippen LogP contribution in [0.5, 0.6) is 0 Å². The quantitative estimate of drug-likeness (QED) is 0.0212.